The number of benzene rings is 1. The number of rotatable bonds is 5. The number of aromatic nitrogens is 1. The quantitative estimate of drug-likeness (QED) is 0.865. The van der Waals surface area contributed by atoms with E-state index in [1.165, 1.54) is 11.3 Å². The molecule has 2 N–H and O–H groups in total. The number of nitrogens with one attached hydrogen (secondary N) is 1. The molecule has 5 nitrogen and oxygen atoms in total. The van der Waals surface area contributed by atoms with Gasteiger partial charge in [0.2, 0.25) is 0 Å². The summed E-state index contributed by atoms with van der Waals surface area (Å²) in [6, 6.07) is 9.57. The van der Waals surface area contributed by atoms with Crippen molar-refractivity contribution in [2.45, 2.75) is 44.8 Å². The predicted octanol–water partition coefficient (Wildman–Crippen LogP) is 3.83. The molecule has 0 saturated carbocycles. The zero-order chi connectivity index (χ0) is 16.9. The number of carbonyl (C=O) groups is 1. The Kier molecular flexibility index (Phi) is 5.48. The van der Waals surface area contributed by atoms with Gasteiger partial charge < -0.3 is 10.0 Å². The third-order valence-electron chi connectivity index (χ3n) is 4.45. The smallest absolute Gasteiger partial charge is 0.323 e. The van der Waals surface area contributed by atoms with Gasteiger partial charge in [0.15, 0.2) is 5.13 Å². The van der Waals surface area contributed by atoms with Crippen LogP contribution < -0.4 is 5.32 Å². The summed E-state index contributed by atoms with van der Waals surface area (Å²) in [6.07, 6.45) is 2.78. The van der Waals surface area contributed by atoms with Crippen molar-refractivity contribution in [1.82, 2.24) is 9.88 Å². The Morgan fingerprint density at radius 1 is 1.46 bits per heavy atom. The zero-order valence-corrected chi connectivity index (χ0v) is 14.6. The van der Waals surface area contributed by atoms with Crippen molar-refractivity contribution in [3.63, 3.8) is 0 Å². The molecule has 128 valence electrons. The minimum absolute atomic E-state index is 0.0609. The van der Waals surface area contributed by atoms with Crippen LogP contribution in [0.4, 0.5) is 9.93 Å². The van der Waals surface area contributed by atoms with Crippen LogP contribution in [0.2, 0.25) is 0 Å². The van der Waals surface area contributed by atoms with Gasteiger partial charge in [0, 0.05) is 18.0 Å². The first-order valence-electron chi connectivity index (χ1n) is 8.42. The highest BCUT2D eigenvalue weighted by atomic mass is 32.1. The number of likely N-dealkylation sites (tertiary alicyclic amines) is 1. The SMILES string of the molecule is CCc1csc(NC(=O)N2CCCC2CC(O)c2ccccc2)n1. The summed E-state index contributed by atoms with van der Waals surface area (Å²) in [5, 5.41) is 15.9. The second-order valence-corrected chi connectivity index (χ2v) is 6.94. The number of amides is 2. The maximum atomic E-state index is 12.5. The predicted molar refractivity (Wildman–Crippen MR) is 96.3 cm³/mol. The third-order valence-corrected chi connectivity index (χ3v) is 5.25. The van der Waals surface area contributed by atoms with Crippen molar-refractivity contribution in [3.05, 3.63) is 47.0 Å². The first-order valence-corrected chi connectivity index (χ1v) is 9.30. The Morgan fingerprint density at radius 3 is 2.96 bits per heavy atom. The fourth-order valence-electron chi connectivity index (χ4n) is 3.11. The molecule has 1 aliphatic rings. The summed E-state index contributed by atoms with van der Waals surface area (Å²) in [4.78, 5) is 18.8. The average molecular weight is 345 g/mol. The van der Waals surface area contributed by atoms with E-state index in [9.17, 15) is 9.90 Å². The van der Waals surface area contributed by atoms with Gasteiger partial charge in [0.25, 0.3) is 0 Å². The molecule has 2 atom stereocenters. The third kappa shape index (κ3) is 3.94. The largest absolute Gasteiger partial charge is 0.388 e. The topological polar surface area (TPSA) is 65.5 Å². The van der Waals surface area contributed by atoms with Gasteiger partial charge >= 0.3 is 6.03 Å². The Labute approximate surface area is 146 Å². The van der Waals surface area contributed by atoms with E-state index in [0.717, 1.165) is 37.1 Å². The minimum Gasteiger partial charge on any atom is -0.388 e. The highest BCUT2D eigenvalue weighted by molar-refractivity contribution is 7.13. The van der Waals surface area contributed by atoms with E-state index in [0.29, 0.717) is 11.6 Å². The molecule has 0 radical (unpaired) electrons. The van der Waals surface area contributed by atoms with Gasteiger partial charge in [-0.15, -0.1) is 11.3 Å². The van der Waals surface area contributed by atoms with Crippen molar-refractivity contribution in [2.75, 3.05) is 11.9 Å². The summed E-state index contributed by atoms with van der Waals surface area (Å²) in [6.45, 7) is 2.77. The molecule has 2 unspecified atom stereocenters. The fourth-order valence-corrected chi connectivity index (χ4v) is 3.89. The number of hydrogen-bond donors (Lipinski definition) is 2. The molecule has 1 aliphatic heterocycles. The molecule has 1 saturated heterocycles. The van der Waals surface area contributed by atoms with Crippen LogP contribution in [0.1, 0.15) is 43.5 Å². The second kappa shape index (κ2) is 7.77. The maximum absolute atomic E-state index is 12.5. The number of hydrogen-bond acceptors (Lipinski definition) is 4. The van der Waals surface area contributed by atoms with Crippen molar-refractivity contribution < 1.29 is 9.90 Å². The van der Waals surface area contributed by atoms with Gasteiger partial charge in [0.05, 0.1) is 11.8 Å². The van der Waals surface area contributed by atoms with Crippen LogP contribution in [0.15, 0.2) is 35.7 Å². The molecule has 1 fully saturated rings. The molecule has 1 aromatic carbocycles. The Balaban J connectivity index is 1.61. The fraction of sp³-hybridized carbons (Fsp3) is 0.444. The van der Waals surface area contributed by atoms with E-state index in [1.807, 2.05) is 47.5 Å². The van der Waals surface area contributed by atoms with E-state index in [4.69, 9.17) is 0 Å². The molecule has 0 spiro atoms. The minimum atomic E-state index is -0.545. The summed E-state index contributed by atoms with van der Waals surface area (Å²) < 4.78 is 0. The zero-order valence-electron chi connectivity index (χ0n) is 13.8. The molecule has 0 aliphatic carbocycles. The molecule has 2 aromatic rings. The normalized spacial score (nSPS) is 18.6. The molecule has 6 heteroatoms. The van der Waals surface area contributed by atoms with Crippen LogP contribution in [0.5, 0.6) is 0 Å². The lowest BCUT2D eigenvalue weighted by Crippen LogP contribution is -2.39. The molecular formula is C18H23N3O2S. The lowest BCUT2D eigenvalue weighted by molar-refractivity contribution is 0.130. The van der Waals surface area contributed by atoms with Crippen LogP contribution >= 0.6 is 11.3 Å². The van der Waals surface area contributed by atoms with Crippen molar-refractivity contribution in [3.8, 4) is 0 Å². The summed E-state index contributed by atoms with van der Waals surface area (Å²) in [5.41, 5.74) is 1.89. The van der Waals surface area contributed by atoms with Crippen molar-refractivity contribution in [2.24, 2.45) is 0 Å². The van der Waals surface area contributed by atoms with Crippen LogP contribution in [-0.2, 0) is 6.42 Å². The van der Waals surface area contributed by atoms with Crippen LogP contribution in [0.3, 0.4) is 0 Å². The maximum Gasteiger partial charge on any atom is 0.323 e. The Bertz CT molecular complexity index is 674. The van der Waals surface area contributed by atoms with Gasteiger partial charge in [-0.1, -0.05) is 37.3 Å². The van der Waals surface area contributed by atoms with Crippen LogP contribution in [-0.4, -0.2) is 33.6 Å². The van der Waals surface area contributed by atoms with Gasteiger partial charge in [0.1, 0.15) is 0 Å². The average Bonchev–Trinajstić information content (AvgIpc) is 3.24. The Morgan fingerprint density at radius 2 is 2.25 bits per heavy atom. The van der Waals surface area contributed by atoms with Crippen LogP contribution in [0.25, 0.3) is 0 Å². The number of aryl methyl sites for hydroxylation is 1. The molecule has 1 aromatic heterocycles. The number of carbonyl (C=O) groups excluding carboxylic acids is 1. The van der Waals surface area contributed by atoms with Crippen molar-refractivity contribution in [1.29, 1.82) is 0 Å². The number of nitrogens with zero attached hydrogens (tertiary/aromatic N) is 2. The molecule has 2 heterocycles. The first kappa shape index (κ1) is 16.9. The molecule has 2 amide bonds. The number of aliphatic hydroxyl groups is 1. The lowest BCUT2D eigenvalue weighted by Gasteiger charge is -2.26. The molecular weight excluding hydrogens is 322 g/mol. The number of thiazole rings is 1. The summed E-state index contributed by atoms with van der Waals surface area (Å²) in [7, 11) is 0. The van der Waals surface area contributed by atoms with Crippen molar-refractivity contribution >= 4 is 22.5 Å². The monoisotopic (exact) mass is 345 g/mol. The van der Waals surface area contributed by atoms with E-state index >= 15 is 0 Å². The van der Waals surface area contributed by atoms with E-state index in [1.54, 1.807) is 0 Å². The Hall–Kier alpha value is -1.92. The van der Waals surface area contributed by atoms with Gasteiger partial charge in [-0.25, -0.2) is 9.78 Å². The highest BCUT2D eigenvalue weighted by Gasteiger charge is 2.31. The number of urea groups is 1. The van der Waals surface area contributed by atoms with E-state index < -0.39 is 6.10 Å². The van der Waals surface area contributed by atoms with E-state index in [-0.39, 0.29) is 12.1 Å². The molecule has 24 heavy (non-hydrogen) atoms. The molecule has 3 rings (SSSR count). The number of aliphatic hydroxyl groups excluding tert-OH is 1. The van der Waals surface area contributed by atoms with Gasteiger partial charge in [-0.2, -0.15) is 0 Å². The van der Waals surface area contributed by atoms with Gasteiger partial charge in [-0.05, 0) is 31.2 Å². The first-order chi connectivity index (χ1) is 11.7. The highest BCUT2D eigenvalue weighted by Crippen LogP contribution is 2.28. The van der Waals surface area contributed by atoms with E-state index in [2.05, 4.69) is 10.3 Å². The second-order valence-electron chi connectivity index (χ2n) is 6.08. The summed E-state index contributed by atoms with van der Waals surface area (Å²) in [5.74, 6) is 0. The molecule has 0 bridgehead atoms. The number of anilines is 1. The standard InChI is InChI=1S/C18H23N3O2S/c1-2-14-12-24-17(19-14)20-18(23)21-10-6-9-15(21)11-16(22)13-7-4-3-5-8-13/h3-5,7-8,12,15-16,22H,2,6,9-11H2,1H3,(H,19,20,23). The summed E-state index contributed by atoms with van der Waals surface area (Å²) >= 11 is 1.45. The lowest BCUT2D eigenvalue weighted by atomic mass is 10.0. The van der Waals surface area contributed by atoms with Crippen LogP contribution in [0, 0.1) is 0 Å². The van der Waals surface area contributed by atoms with Gasteiger partial charge in [-0.3, -0.25) is 5.32 Å².